The van der Waals surface area contributed by atoms with E-state index in [1.165, 1.54) is 12.8 Å². The summed E-state index contributed by atoms with van der Waals surface area (Å²) in [5.41, 5.74) is 0. The Balaban J connectivity index is 2.29. The first kappa shape index (κ1) is 8.06. The van der Waals surface area contributed by atoms with E-state index < -0.39 is 0 Å². The van der Waals surface area contributed by atoms with E-state index in [0.29, 0.717) is 6.10 Å². The zero-order valence-electron chi connectivity index (χ0n) is 7.26. The Labute approximate surface area is 63.8 Å². The minimum atomic E-state index is 0.513. The van der Waals surface area contributed by atoms with Crippen LogP contribution in [0.4, 0.5) is 0 Å². The molecule has 1 heteroatoms. The van der Waals surface area contributed by atoms with Gasteiger partial charge in [0.25, 0.3) is 0 Å². The van der Waals surface area contributed by atoms with Crippen LogP contribution < -0.4 is 0 Å². The first-order valence-electron chi connectivity index (χ1n) is 4.35. The van der Waals surface area contributed by atoms with Crippen LogP contribution in [0.1, 0.15) is 33.6 Å². The normalized spacial score (nSPS) is 36.3. The van der Waals surface area contributed by atoms with E-state index in [0.717, 1.165) is 18.4 Å². The second-order valence-electron chi connectivity index (χ2n) is 3.53. The quantitative estimate of drug-likeness (QED) is 0.575. The molecule has 0 aliphatic carbocycles. The molecule has 1 nitrogen and oxygen atoms in total. The predicted molar refractivity (Wildman–Crippen MR) is 43.0 cm³/mol. The van der Waals surface area contributed by atoms with Crippen LogP contribution in [0.2, 0.25) is 0 Å². The standard InChI is InChI=1S/C9H18O/c1-4-7(2)9-5-8(3)10-6-9/h7-9H,4-6H2,1-3H3/t7?,8-,9?/m0/s1. The van der Waals surface area contributed by atoms with Crippen molar-refractivity contribution in [1.82, 2.24) is 0 Å². The summed E-state index contributed by atoms with van der Waals surface area (Å²) in [6.45, 7) is 7.75. The molecule has 1 saturated heterocycles. The topological polar surface area (TPSA) is 9.23 Å². The van der Waals surface area contributed by atoms with Gasteiger partial charge in [0, 0.05) is 0 Å². The highest BCUT2D eigenvalue weighted by atomic mass is 16.5. The van der Waals surface area contributed by atoms with Crippen molar-refractivity contribution in [3.63, 3.8) is 0 Å². The lowest BCUT2D eigenvalue weighted by Gasteiger charge is -2.14. The molecule has 1 rings (SSSR count). The molecule has 0 bridgehead atoms. The van der Waals surface area contributed by atoms with Gasteiger partial charge < -0.3 is 4.74 Å². The molecule has 1 aliphatic rings. The Kier molecular flexibility index (Phi) is 2.72. The van der Waals surface area contributed by atoms with Crippen LogP contribution >= 0.6 is 0 Å². The minimum absolute atomic E-state index is 0.513. The Bertz CT molecular complexity index is 101. The van der Waals surface area contributed by atoms with Crippen molar-refractivity contribution in [2.75, 3.05) is 6.61 Å². The van der Waals surface area contributed by atoms with E-state index in [2.05, 4.69) is 20.8 Å². The Morgan fingerprint density at radius 3 is 2.70 bits per heavy atom. The summed E-state index contributed by atoms with van der Waals surface area (Å²) < 4.78 is 5.49. The summed E-state index contributed by atoms with van der Waals surface area (Å²) in [7, 11) is 0. The van der Waals surface area contributed by atoms with Crippen LogP contribution in [0.3, 0.4) is 0 Å². The highest BCUT2D eigenvalue weighted by molar-refractivity contribution is 4.73. The van der Waals surface area contributed by atoms with Crippen LogP contribution in [0.15, 0.2) is 0 Å². The van der Waals surface area contributed by atoms with Crippen LogP contribution in [0, 0.1) is 11.8 Å². The first-order valence-corrected chi connectivity index (χ1v) is 4.35. The maximum absolute atomic E-state index is 5.49. The summed E-state index contributed by atoms with van der Waals surface area (Å²) in [5.74, 6) is 1.69. The Morgan fingerprint density at radius 1 is 1.60 bits per heavy atom. The molecule has 0 aromatic carbocycles. The van der Waals surface area contributed by atoms with Gasteiger partial charge in [0.05, 0.1) is 12.7 Å². The molecular formula is C9H18O. The Hall–Kier alpha value is -0.0400. The number of hydrogen-bond acceptors (Lipinski definition) is 1. The third-order valence-electron chi connectivity index (χ3n) is 2.68. The number of rotatable bonds is 2. The summed E-state index contributed by atoms with van der Waals surface area (Å²) in [6, 6.07) is 0. The molecule has 0 radical (unpaired) electrons. The smallest absolute Gasteiger partial charge is 0.0550 e. The van der Waals surface area contributed by atoms with Crippen LogP contribution in [0.25, 0.3) is 0 Å². The second kappa shape index (κ2) is 3.38. The number of ether oxygens (including phenoxy) is 1. The lowest BCUT2D eigenvalue weighted by molar-refractivity contribution is 0.115. The predicted octanol–water partition coefficient (Wildman–Crippen LogP) is 2.46. The summed E-state index contributed by atoms with van der Waals surface area (Å²) in [4.78, 5) is 0. The summed E-state index contributed by atoms with van der Waals surface area (Å²) >= 11 is 0. The summed E-state index contributed by atoms with van der Waals surface area (Å²) in [5, 5.41) is 0. The molecule has 0 N–H and O–H groups in total. The van der Waals surface area contributed by atoms with E-state index in [1.807, 2.05) is 0 Å². The lowest BCUT2D eigenvalue weighted by atomic mass is 9.90. The second-order valence-corrected chi connectivity index (χ2v) is 3.53. The van der Waals surface area contributed by atoms with Crippen LogP contribution in [0.5, 0.6) is 0 Å². The van der Waals surface area contributed by atoms with Crippen molar-refractivity contribution in [3.05, 3.63) is 0 Å². The molecule has 2 unspecified atom stereocenters. The average molecular weight is 142 g/mol. The van der Waals surface area contributed by atoms with Gasteiger partial charge in [-0.05, 0) is 25.2 Å². The van der Waals surface area contributed by atoms with Crippen molar-refractivity contribution < 1.29 is 4.74 Å². The van der Waals surface area contributed by atoms with Crippen molar-refractivity contribution in [3.8, 4) is 0 Å². The zero-order chi connectivity index (χ0) is 7.56. The maximum atomic E-state index is 5.49. The fourth-order valence-corrected chi connectivity index (χ4v) is 1.58. The van der Waals surface area contributed by atoms with Crippen LogP contribution in [-0.4, -0.2) is 12.7 Å². The largest absolute Gasteiger partial charge is 0.378 e. The highest BCUT2D eigenvalue weighted by Gasteiger charge is 2.25. The molecule has 0 saturated carbocycles. The SMILES string of the molecule is CCC(C)C1CO[C@@H](C)C1. The molecule has 60 valence electrons. The van der Waals surface area contributed by atoms with E-state index in [1.54, 1.807) is 0 Å². The third kappa shape index (κ3) is 1.72. The molecule has 0 spiro atoms. The van der Waals surface area contributed by atoms with Crippen molar-refractivity contribution in [1.29, 1.82) is 0 Å². The molecule has 3 atom stereocenters. The fourth-order valence-electron chi connectivity index (χ4n) is 1.58. The van der Waals surface area contributed by atoms with Gasteiger partial charge in [-0.25, -0.2) is 0 Å². The van der Waals surface area contributed by atoms with Crippen molar-refractivity contribution in [2.24, 2.45) is 11.8 Å². The van der Waals surface area contributed by atoms with Gasteiger partial charge in [-0.3, -0.25) is 0 Å². The summed E-state index contributed by atoms with van der Waals surface area (Å²) in [6.07, 6.45) is 3.08. The lowest BCUT2D eigenvalue weighted by Crippen LogP contribution is -2.10. The third-order valence-corrected chi connectivity index (χ3v) is 2.68. The highest BCUT2D eigenvalue weighted by Crippen LogP contribution is 2.27. The van der Waals surface area contributed by atoms with Crippen molar-refractivity contribution >= 4 is 0 Å². The van der Waals surface area contributed by atoms with E-state index in [-0.39, 0.29) is 0 Å². The fraction of sp³-hybridized carbons (Fsp3) is 1.00. The van der Waals surface area contributed by atoms with E-state index in [9.17, 15) is 0 Å². The van der Waals surface area contributed by atoms with Crippen molar-refractivity contribution in [2.45, 2.75) is 39.7 Å². The van der Waals surface area contributed by atoms with E-state index in [4.69, 9.17) is 4.74 Å². The molecular weight excluding hydrogens is 124 g/mol. The molecule has 0 amide bonds. The zero-order valence-corrected chi connectivity index (χ0v) is 7.26. The first-order chi connectivity index (χ1) is 4.74. The van der Waals surface area contributed by atoms with Gasteiger partial charge in [0.1, 0.15) is 0 Å². The molecule has 0 aromatic heterocycles. The van der Waals surface area contributed by atoms with Crippen LogP contribution in [-0.2, 0) is 4.74 Å². The average Bonchev–Trinajstić information content (AvgIpc) is 2.34. The molecule has 1 fully saturated rings. The molecule has 1 aliphatic heterocycles. The van der Waals surface area contributed by atoms with Gasteiger partial charge in [-0.1, -0.05) is 20.3 Å². The minimum Gasteiger partial charge on any atom is -0.378 e. The number of hydrogen-bond donors (Lipinski definition) is 0. The molecule has 1 heterocycles. The van der Waals surface area contributed by atoms with Gasteiger partial charge in [-0.2, -0.15) is 0 Å². The Morgan fingerprint density at radius 2 is 2.30 bits per heavy atom. The van der Waals surface area contributed by atoms with Gasteiger partial charge >= 0.3 is 0 Å². The molecule has 0 aromatic rings. The van der Waals surface area contributed by atoms with Gasteiger partial charge in [0.15, 0.2) is 0 Å². The molecule has 10 heavy (non-hydrogen) atoms. The monoisotopic (exact) mass is 142 g/mol. The maximum Gasteiger partial charge on any atom is 0.0550 e. The van der Waals surface area contributed by atoms with Gasteiger partial charge in [-0.15, -0.1) is 0 Å². The van der Waals surface area contributed by atoms with E-state index >= 15 is 0 Å². The van der Waals surface area contributed by atoms with Gasteiger partial charge in [0.2, 0.25) is 0 Å².